The van der Waals surface area contributed by atoms with Crippen LogP contribution in [0, 0.1) is 6.92 Å². The minimum absolute atomic E-state index is 0.116. The van der Waals surface area contributed by atoms with Gasteiger partial charge in [0.15, 0.2) is 5.78 Å². The van der Waals surface area contributed by atoms with Crippen molar-refractivity contribution in [3.63, 3.8) is 0 Å². The van der Waals surface area contributed by atoms with Crippen molar-refractivity contribution in [3.8, 4) is 11.1 Å². The number of hydrogen-bond acceptors (Lipinski definition) is 4. The molecule has 0 saturated heterocycles. The Bertz CT molecular complexity index is 1490. The van der Waals surface area contributed by atoms with Crippen LogP contribution in [0.3, 0.4) is 0 Å². The predicted octanol–water partition coefficient (Wildman–Crippen LogP) is 5.55. The molecule has 0 aliphatic heterocycles. The fourth-order valence-electron chi connectivity index (χ4n) is 4.76. The quantitative estimate of drug-likeness (QED) is 0.164. The average molecular weight is 573 g/mol. The Morgan fingerprint density at radius 1 is 0.805 bits per heavy atom. The molecule has 0 aromatic heterocycles. The summed E-state index contributed by atoms with van der Waals surface area (Å²) >= 11 is 0. The fraction of sp³-hybridized carbons (Fsp3) is 0.188. The summed E-state index contributed by atoms with van der Waals surface area (Å²) in [6.07, 6.45) is -0.166. The highest BCUT2D eigenvalue weighted by Gasteiger charge is 2.42. The van der Waals surface area contributed by atoms with Crippen molar-refractivity contribution in [2.45, 2.75) is 31.6 Å². The van der Waals surface area contributed by atoms with Crippen molar-refractivity contribution in [1.82, 2.24) is 5.32 Å². The van der Waals surface area contributed by atoms with Crippen molar-refractivity contribution in [3.05, 3.63) is 126 Å². The first-order chi connectivity index (χ1) is 19.6. The summed E-state index contributed by atoms with van der Waals surface area (Å²) in [6.45, 7) is 1.90. The molecule has 2 atom stereocenters. The normalized spacial score (nSPS) is 12.8. The molecule has 8 nitrogen and oxygen atoms in total. The minimum Gasteiger partial charge on any atom is -0.481 e. The predicted molar refractivity (Wildman–Crippen MR) is 160 cm³/mol. The maximum Gasteiger partial charge on any atom is 0.352 e. The number of benzene rings is 4. The Kier molecular flexibility index (Phi) is 9.73. The van der Waals surface area contributed by atoms with E-state index in [0.717, 1.165) is 22.3 Å². The van der Waals surface area contributed by atoms with Gasteiger partial charge in [0, 0.05) is 18.7 Å². The summed E-state index contributed by atoms with van der Waals surface area (Å²) in [5, 5.41) is 11.8. The Hall–Kier alpha value is -4.23. The second kappa shape index (κ2) is 13.4. The molecule has 0 aliphatic carbocycles. The summed E-state index contributed by atoms with van der Waals surface area (Å²) in [5.41, 5.74) is 4.76. The van der Waals surface area contributed by atoms with E-state index in [-0.39, 0.29) is 19.4 Å². The zero-order chi connectivity index (χ0) is 29.4. The number of anilines is 1. The summed E-state index contributed by atoms with van der Waals surface area (Å²) in [7, 11) is -4.86. The van der Waals surface area contributed by atoms with E-state index in [1.165, 1.54) is 4.90 Å². The monoisotopic (exact) mass is 572 g/mol. The first-order valence-corrected chi connectivity index (χ1v) is 14.9. The van der Waals surface area contributed by atoms with E-state index < -0.39 is 31.3 Å². The first-order valence-electron chi connectivity index (χ1n) is 13.2. The number of aliphatic carboxylic acids is 1. The molecule has 0 fully saturated rings. The highest BCUT2D eigenvalue weighted by atomic mass is 31.2. The molecule has 0 bridgehead atoms. The molecular formula is C32H33N2O6P. The van der Waals surface area contributed by atoms with E-state index in [4.69, 9.17) is 5.11 Å². The van der Waals surface area contributed by atoms with Crippen molar-refractivity contribution in [1.29, 1.82) is 0 Å². The number of carbonyl (C=O) groups is 2. The van der Waals surface area contributed by atoms with Gasteiger partial charge in [-0.1, -0.05) is 103 Å². The lowest BCUT2D eigenvalue weighted by Crippen LogP contribution is -2.50. The molecule has 0 aliphatic rings. The van der Waals surface area contributed by atoms with Gasteiger partial charge < -0.3 is 25.1 Å². The Balaban J connectivity index is 1.78. The van der Waals surface area contributed by atoms with Gasteiger partial charge >= 0.3 is 13.6 Å². The Morgan fingerprint density at radius 2 is 1.34 bits per heavy atom. The lowest BCUT2D eigenvalue weighted by Gasteiger charge is -2.39. The molecule has 4 aromatic carbocycles. The molecule has 4 aromatic rings. The topological polar surface area (TPSA) is 127 Å². The van der Waals surface area contributed by atoms with Crippen molar-refractivity contribution in [2.75, 3.05) is 11.4 Å². The number of para-hydroxylation sites is 1. The Labute approximate surface area is 239 Å². The van der Waals surface area contributed by atoms with Crippen LogP contribution in [0.2, 0.25) is 0 Å². The third kappa shape index (κ3) is 7.92. The summed E-state index contributed by atoms with van der Waals surface area (Å²) in [5.74, 6) is -3.06. The van der Waals surface area contributed by atoms with Crippen LogP contribution in [-0.2, 0) is 20.6 Å². The van der Waals surface area contributed by atoms with E-state index in [1.807, 2.05) is 55.5 Å². The molecule has 9 heteroatoms. The van der Waals surface area contributed by atoms with E-state index in [9.17, 15) is 23.9 Å². The smallest absolute Gasteiger partial charge is 0.352 e. The van der Waals surface area contributed by atoms with Gasteiger partial charge in [-0.05, 0) is 41.3 Å². The number of carboxylic acid groups (broad SMARTS) is 1. The second-order valence-electron chi connectivity index (χ2n) is 9.83. The average Bonchev–Trinajstić information content (AvgIpc) is 2.95. The van der Waals surface area contributed by atoms with Gasteiger partial charge in [-0.2, -0.15) is 0 Å². The zero-order valence-electron chi connectivity index (χ0n) is 22.6. The standard InChI is InChI=1S/C32H33N2O6P/c1-23-12-16-25(17-13-23)26-18-14-24(15-19-26)22-29(31(37)33-21-20-30(35)36)34(28-10-6-3-7-11-28)32(41(38,39)40)27-8-4-2-5-9-27/h2-19,29,32H,20-22H2,1H3,(H,33,37)(H,35,36)(H2,38,39,40)/t29-,32?/m0/s1. The number of nitrogens with one attached hydrogen (secondary N) is 1. The van der Waals surface area contributed by atoms with Gasteiger partial charge in [0.25, 0.3) is 0 Å². The minimum atomic E-state index is -4.86. The van der Waals surface area contributed by atoms with Gasteiger partial charge in [0.2, 0.25) is 5.91 Å². The lowest BCUT2D eigenvalue weighted by atomic mass is 9.98. The molecule has 1 amide bonds. The molecule has 0 radical (unpaired) electrons. The van der Waals surface area contributed by atoms with Gasteiger partial charge in [-0.25, -0.2) is 0 Å². The largest absolute Gasteiger partial charge is 0.481 e. The first kappa shape index (κ1) is 29.7. The third-order valence-corrected chi connectivity index (χ3v) is 7.96. The molecule has 4 N–H and O–H groups in total. The number of aryl methyl sites for hydroxylation is 1. The van der Waals surface area contributed by atoms with Crippen molar-refractivity contribution < 1.29 is 29.0 Å². The van der Waals surface area contributed by atoms with E-state index in [1.54, 1.807) is 60.7 Å². The van der Waals surface area contributed by atoms with E-state index >= 15 is 0 Å². The van der Waals surface area contributed by atoms with Gasteiger partial charge in [-0.15, -0.1) is 0 Å². The van der Waals surface area contributed by atoms with Crippen molar-refractivity contribution >= 4 is 25.2 Å². The zero-order valence-corrected chi connectivity index (χ0v) is 23.5. The van der Waals surface area contributed by atoms with E-state index in [0.29, 0.717) is 11.3 Å². The molecule has 212 valence electrons. The van der Waals surface area contributed by atoms with Gasteiger partial charge in [0.05, 0.1) is 6.42 Å². The number of rotatable bonds is 12. The molecule has 0 saturated carbocycles. The number of carbonyl (C=O) groups excluding carboxylic acids is 1. The van der Waals surface area contributed by atoms with Crippen LogP contribution < -0.4 is 10.2 Å². The summed E-state index contributed by atoms with van der Waals surface area (Å²) in [4.78, 5) is 47.6. The number of nitrogens with zero attached hydrogens (tertiary/aromatic N) is 1. The fourth-order valence-corrected chi connectivity index (χ4v) is 5.94. The van der Waals surface area contributed by atoms with Crippen LogP contribution in [0.4, 0.5) is 5.69 Å². The van der Waals surface area contributed by atoms with Crippen molar-refractivity contribution in [2.24, 2.45) is 0 Å². The number of hydrogen-bond donors (Lipinski definition) is 4. The molecule has 0 spiro atoms. The maximum atomic E-state index is 13.7. The molecule has 4 rings (SSSR count). The van der Waals surface area contributed by atoms with Crippen LogP contribution in [0.1, 0.15) is 28.9 Å². The number of amides is 1. The van der Waals surface area contributed by atoms with Gasteiger partial charge in [0.1, 0.15) is 6.04 Å². The lowest BCUT2D eigenvalue weighted by molar-refractivity contribution is -0.136. The second-order valence-corrected chi connectivity index (χ2v) is 11.5. The maximum absolute atomic E-state index is 13.7. The van der Waals surface area contributed by atoms with Crippen LogP contribution >= 0.6 is 7.60 Å². The van der Waals surface area contributed by atoms with E-state index in [2.05, 4.69) is 5.32 Å². The van der Waals surface area contributed by atoms with Crippen LogP contribution in [0.5, 0.6) is 0 Å². The third-order valence-electron chi connectivity index (χ3n) is 6.78. The number of carboxylic acids is 1. The van der Waals surface area contributed by atoms with Gasteiger partial charge in [-0.3, -0.25) is 14.2 Å². The van der Waals surface area contributed by atoms with Crippen LogP contribution in [0.25, 0.3) is 11.1 Å². The molecule has 41 heavy (non-hydrogen) atoms. The molecular weight excluding hydrogens is 539 g/mol. The Morgan fingerprint density at radius 3 is 1.88 bits per heavy atom. The highest BCUT2D eigenvalue weighted by Crippen LogP contribution is 2.55. The molecule has 1 unspecified atom stereocenters. The summed E-state index contributed by atoms with van der Waals surface area (Å²) in [6, 6.07) is 31.8. The highest BCUT2D eigenvalue weighted by molar-refractivity contribution is 7.52. The van der Waals surface area contributed by atoms with Crippen LogP contribution in [0.15, 0.2) is 109 Å². The SMILES string of the molecule is Cc1ccc(-c2ccc(C[C@@H](C(=O)NCCC(=O)O)N(c3ccccc3)C(c3ccccc3)P(=O)(O)O)cc2)cc1. The van der Waals surface area contributed by atoms with Crippen LogP contribution in [-0.4, -0.2) is 39.4 Å². The molecule has 0 heterocycles. The summed E-state index contributed by atoms with van der Waals surface area (Å²) < 4.78 is 13.1.